The summed E-state index contributed by atoms with van der Waals surface area (Å²) in [6, 6.07) is -0.282. The minimum Gasteiger partial charge on any atom is -0.360 e. The molecule has 0 fully saturated rings. The van der Waals surface area contributed by atoms with Gasteiger partial charge in [-0.1, -0.05) is 6.08 Å². The first-order valence-corrected chi connectivity index (χ1v) is 4.56. The smallest absolute Gasteiger partial charge is 0.346 e. The van der Waals surface area contributed by atoms with E-state index in [1.807, 2.05) is 6.08 Å². The lowest BCUT2D eigenvalue weighted by molar-refractivity contribution is 0.252. The SMILES string of the molecule is CCN(CC)C1=NC(=O)NC=CC1. The summed E-state index contributed by atoms with van der Waals surface area (Å²) >= 11 is 0. The molecule has 0 aromatic heterocycles. The van der Waals surface area contributed by atoms with Gasteiger partial charge in [0.1, 0.15) is 5.84 Å². The molecular formula is C9H15N3O. The first kappa shape index (κ1) is 9.77. The van der Waals surface area contributed by atoms with E-state index in [9.17, 15) is 4.79 Å². The molecule has 4 heteroatoms. The van der Waals surface area contributed by atoms with Crippen molar-refractivity contribution in [2.24, 2.45) is 4.99 Å². The molecule has 1 aliphatic rings. The molecule has 1 N–H and O–H groups in total. The highest BCUT2D eigenvalue weighted by atomic mass is 16.2. The third-order valence-corrected chi connectivity index (χ3v) is 1.98. The number of hydrogen-bond donors (Lipinski definition) is 1. The van der Waals surface area contributed by atoms with E-state index in [1.54, 1.807) is 6.20 Å². The quantitative estimate of drug-likeness (QED) is 0.699. The van der Waals surface area contributed by atoms with Crippen LogP contribution >= 0.6 is 0 Å². The third kappa shape index (κ3) is 2.57. The Kier molecular flexibility index (Phi) is 3.49. The Morgan fingerprint density at radius 1 is 1.54 bits per heavy atom. The lowest BCUT2D eigenvalue weighted by Gasteiger charge is -2.21. The molecular weight excluding hydrogens is 166 g/mol. The topological polar surface area (TPSA) is 44.7 Å². The van der Waals surface area contributed by atoms with E-state index < -0.39 is 0 Å². The van der Waals surface area contributed by atoms with Crippen molar-refractivity contribution in [1.82, 2.24) is 10.2 Å². The number of urea groups is 1. The Labute approximate surface area is 78.3 Å². The van der Waals surface area contributed by atoms with Gasteiger partial charge in [0.05, 0.1) is 0 Å². The number of amides is 2. The van der Waals surface area contributed by atoms with E-state index in [0.29, 0.717) is 0 Å². The second-order valence-electron chi connectivity index (χ2n) is 2.76. The summed E-state index contributed by atoms with van der Waals surface area (Å²) in [4.78, 5) is 17.1. The highest BCUT2D eigenvalue weighted by molar-refractivity contribution is 5.95. The maximum Gasteiger partial charge on any atom is 0.346 e. The van der Waals surface area contributed by atoms with Gasteiger partial charge in [-0.05, 0) is 13.8 Å². The van der Waals surface area contributed by atoms with Crippen molar-refractivity contribution in [2.75, 3.05) is 13.1 Å². The van der Waals surface area contributed by atoms with Crippen LogP contribution in [0.1, 0.15) is 20.3 Å². The molecule has 1 rings (SSSR count). The second-order valence-corrected chi connectivity index (χ2v) is 2.76. The second kappa shape index (κ2) is 4.64. The zero-order chi connectivity index (χ0) is 9.68. The number of rotatable bonds is 2. The third-order valence-electron chi connectivity index (χ3n) is 1.98. The predicted molar refractivity (Wildman–Crippen MR) is 52.6 cm³/mol. The molecule has 1 aliphatic heterocycles. The molecule has 0 radical (unpaired) electrons. The number of aliphatic imine (C=N–C) groups is 1. The van der Waals surface area contributed by atoms with Crippen molar-refractivity contribution in [1.29, 1.82) is 0 Å². The number of hydrogen-bond acceptors (Lipinski definition) is 2. The van der Waals surface area contributed by atoms with Gasteiger partial charge in [0.2, 0.25) is 0 Å². The minimum atomic E-state index is -0.282. The Hall–Kier alpha value is -1.32. The largest absolute Gasteiger partial charge is 0.360 e. The van der Waals surface area contributed by atoms with Gasteiger partial charge in [-0.25, -0.2) is 4.79 Å². The van der Waals surface area contributed by atoms with Crippen LogP contribution in [-0.4, -0.2) is 29.9 Å². The Morgan fingerprint density at radius 3 is 2.85 bits per heavy atom. The Bertz CT molecular complexity index is 241. The molecule has 0 unspecified atom stereocenters. The molecule has 2 amide bonds. The molecule has 0 saturated carbocycles. The van der Waals surface area contributed by atoms with E-state index in [1.165, 1.54) is 0 Å². The normalized spacial score (nSPS) is 16.2. The van der Waals surface area contributed by atoms with Crippen molar-refractivity contribution >= 4 is 11.9 Å². The van der Waals surface area contributed by atoms with Crippen LogP contribution < -0.4 is 5.32 Å². The van der Waals surface area contributed by atoms with Gasteiger partial charge >= 0.3 is 6.03 Å². The average Bonchev–Trinajstić information content (AvgIpc) is 2.32. The summed E-state index contributed by atoms with van der Waals surface area (Å²) < 4.78 is 0. The standard InChI is InChI=1S/C9H15N3O/c1-3-12(4-2)8-6-5-7-10-9(13)11-8/h5,7H,3-4,6H2,1-2H3,(H,10,13). The molecule has 13 heavy (non-hydrogen) atoms. The van der Waals surface area contributed by atoms with E-state index in [4.69, 9.17) is 0 Å². The van der Waals surface area contributed by atoms with Crippen LogP contribution in [0, 0.1) is 0 Å². The van der Waals surface area contributed by atoms with Crippen molar-refractivity contribution in [3.63, 3.8) is 0 Å². The monoisotopic (exact) mass is 181 g/mol. The fourth-order valence-corrected chi connectivity index (χ4v) is 1.28. The van der Waals surface area contributed by atoms with Crippen molar-refractivity contribution in [3.05, 3.63) is 12.3 Å². The highest BCUT2D eigenvalue weighted by Gasteiger charge is 2.09. The molecule has 0 bridgehead atoms. The van der Waals surface area contributed by atoms with Gasteiger partial charge in [-0.2, -0.15) is 4.99 Å². The molecule has 72 valence electrons. The molecule has 0 aromatic carbocycles. The summed E-state index contributed by atoms with van der Waals surface area (Å²) in [6.07, 6.45) is 4.27. The molecule has 0 spiro atoms. The van der Waals surface area contributed by atoms with E-state index in [2.05, 4.69) is 29.1 Å². The fraction of sp³-hybridized carbons (Fsp3) is 0.556. The lowest BCUT2D eigenvalue weighted by atomic mass is 10.3. The maximum absolute atomic E-state index is 11.1. The number of amidine groups is 1. The summed E-state index contributed by atoms with van der Waals surface area (Å²) in [7, 11) is 0. The minimum absolute atomic E-state index is 0.282. The Morgan fingerprint density at radius 2 is 2.23 bits per heavy atom. The highest BCUT2D eigenvalue weighted by Crippen LogP contribution is 2.01. The van der Waals surface area contributed by atoms with Crippen molar-refractivity contribution < 1.29 is 4.79 Å². The maximum atomic E-state index is 11.1. The first-order chi connectivity index (χ1) is 6.27. The summed E-state index contributed by atoms with van der Waals surface area (Å²) in [6.45, 7) is 5.88. The van der Waals surface area contributed by atoms with E-state index >= 15 is 0 Å². The molecule has 0 aromatic rings. The van der Waals surface area contributed by atoms with Crippen LogP contribution in [0.25, 0.3) is 0 Å². The zero-order valence-corrected chi connectivity index (χ0v) is 8.08. The fourth-order valence-electron chi connectivity index (χ4n) is 1.28. The summed E-state index contributed by atoms with van der Waals surface area (Å²) in [5.74, 6) is 0.844. The molecule has 0 saturated heterocycles. The number of nitrogens with zero attached hydrogens (tertiary/aromatic N) is 2. The molecule has 0 aliphatic carbocycles. The lowest BCUT2D eigenvalue weighted by Crippen LogP contribution is -2.31. The van der Waals surface area contributed by atoms with E-state index in [-0.39, 0.29) is 6.03 Å². The predicted octanol–water partition coefficient (Wildman–Crippen LogP) is 1.35. The van der Waals surface area contributed by atoms with Gasteiger partial charge in [0.15, 0.2) is 0 Å². The van der Waals surface area contributed by atoms with Gasteiger partial charge < -0.3 is 10.2 Å². The van der Waals surface area contributed by atoms with Crippen LogP contribution in [-0.2, 0) is 0 Å². The first-order valence-electron chi connectivity index (χ1n) is 4.56. The molecule has 4 nitrogen and oxygen atoms in total. The van der Waals surface area contributed by atoms with Crippen molar-refractivity contribution in [2.45, 2.75) is 20.3 Å². The number of carbonyl (C=O) groups is 1. The van der Waals surface area contributed by atoms with Gasteiger partial charge in [0.25, 0.3) is 0 Å². The van der Waals surface area contributed by atoms with Crippen LogP contribution in [0.15, 0.2) is 17.3 Å². The number of carbonyl (C=O) groups excluding carboxylic acids is 1. The average molecular weight is 181 g/mol. The summed E-state index contributed by atoms with van der Waals surface area (Å²) in [5.41, 5.74) is 0. The number of nitrogens with one attached hydrogen (secondary N) is 1. The van der Waals surface area contributed by atoms with Gasteiger partial charge in [-0.3, -0.25) is 0 Å². The van der Waals surface area contributed by atoms with Crippen molar-refractivity contribution in [3.8, 4) is 0 Å². The van der Waals surface area contributed by atoms with Crippen LogP contribution in [0.2, 0.25) is 0 Å². The Balaban J connectivity index is 2.75. The zero-order valence-electron chi connectivity index (χ0n) is 8.08. The molecule has 1 heterocycles. The van der Waals surface area contributed by atoms with Gasteiger partial charge in [0, 0.05) is 25.7 Å². The van der Waals surface area contributed by atoms with E-state index in [0.717, 1.165) is 25.3 Å². The molecule has 0 atom stereocenters. The van der Waals surface area contributed by atoms with Crippen LogP contribution in [0.4, 0.5) is 4.79 Å². The van der Waals surface area contributed by atoms with Crippen LogP contribution in [0.3, 0.4) is 0 Å². The van der Waals surface area contributed by atoms with Crippen LogP contribution in [0.5, 0.6) is 0 Å². The summed E-state index contributed by atoms with van der Waals surface area (Å²) in [5, 5.41) is 2.54. The van der Waals surface area contributed by atoms with Gasteiger partial charge in [-0.15, -0.1) is 0 Å².